The number of benzene rings is 3. The predicted molar refractivity (Wildman–Crippen MR) is 171 cm³/mol. The van der Waals surface area contributed by atoms with Crippen LogP contribution in [0.15, 0.2) is 83.8 Å². The second-order valence-electron chi connectivity index (χ2n) is 11.1. The summed E-state index contributed by atoms with van der Waals surface area (Å²) in [6.07, 6.45) is -1.66. The standard InChI is InChI=1S/C32H35F3N4O4S2/c1-20-10-7-8-13-22(20)18-36-28(41)27-31(2,3)44-19-39(27)29(42)26(40)25(16-21-11-5-4-6-12-21)38-30(43)37-23-14-9-15-24(17-23)45-32(33,34)35/h4-15,17,25-27,40H,16,18-19H2,1-3H3,(H,36,41)(H2,37,38,43)/t25-,26-,27+/m0/s1. The van der Waals surface area contributed by atoms with E-state index in [1.807, 2.05) is 45.0 Å². The molecule has 0 saturated carbocycles. The minimum atomic E-state index is -4.50. The molecule has 1 aliphatic rings. The van der Waals surface area contributed by atoms with Crippen LogP contribution in [0.2, 0.25) is 0 Å². The van der Waals surface area contributed by atoms with E-state index in [2.05, 4.69) is 16.0 Å². The smallest absolute Gasteiger partial charge is 0.381 e. The Morgan fingerprint density at radius 2 is 1.73 bits per heavy atom. The molecule has 0 spiro atoms. The highest BCUT2D eigenvalue weighted by Gasteiger charge is 2.49. The molecule has 3 aromatic rings. The van der Waals surface area contributed by atoms with E-state index < -0.39 is 40.4 Å². The number of hydrogen-bond donors (Lipinski definition) is 4. The Morgan fingerprint density at radius 1 is 1.04 bits per heavy atom. The first-order valence-electron chi connectivity index (χ1n) is 14.2. The van der Waals surface area contributed by atoms with Gasteiger partial charge >= 0.3 is 11.5 Å². The van der Waals surface area contributed by atoms with Gasteiger partial charge in [-0.25, -0.2) is 4.79 Å². The lowest BCUT2D eigenvalue weighted by molar-refractivity contribution is -0.147. The summed E-state index contributed by atoms with van der Waals surface area (Å²) in [4.78, 5) is 41.6. The second kappa shape index (κ2) is 14.6. The summed E-state index contributed by atoms with van der Waals surface area (Å²) in [6.45, 7) is 5.92. The first-order valence-corrected chi connectivity index (χ1v) is 16.0. The molecular weight excluding hydrogens is 626 g/mol. The van der Waals surface area contributed by atoms with Crippen LogP contribution >= 0.6 is 23.5 Å². The van der Waals surface area contributed by atoms with Crippen LogP contribution in [0.5, 0.6) is 0 Å². The van der Waals surface area contributed by atoms with E-state index in [4.69, 9.17) is 0 Å². The molecule has 3 atom stereocenters. The number of alkyl halides is 3. The van der Waals surface area contributed by atoms with Gasteiger partial charge in [0.2, 0.25) is 5.91 Å². The van der Waals surface area contributed by atoms with Crippen LogP contribution in [0, 0.1) is 6.92 Å². The van der Waals surface area contributed by atoms with Crippen LogP contribution in [0.25, 0.3) is 0 Å². The largest absolute Gasteiger partial charge is 0.446 e. The van der Waals surface area contributed by atoms with E-state index in [1.54, 1.807) is 30.3 Å². The number of rotatable bonds is 10. The van der Waals surface area contributed by atoms with Gasteiger partial charge in [0.25, 0.3) is 5.91 Å². The zero-order valence-corrected chi connectivity index (χ0v) is 26.6. The van der Waals surface area contributed by atoms with Gasteiger partial charge in [0, 0.05) is 21.9 Å². The van der Waals surface area contributed by atoms with Crippen molar-refractivity contribution in [2.75, 3.05) is 11.2 Å². The number of hydrogen-bond acceptors (Lipinski definition) is 6. The monoisotopic (exact) mass is 660 g/mol. The number of anilines is 1. The molecule has 8 nitrogen and oxygen atoms in total. The Kier molecular flexibility index (Phi) is 11.1. The molecule has 0 bridgehead atoms. The fourth-order valence-electron chi connectivity index (χ4n) is 5.06. The van der Waals surface area contributed by atoms with Gasteiger partial charge in [-0.15, -0.1) is 11.8 Å². The molecule has 0 unspecified atom stereocenters. The van der Waals surface area contributed by atoms with Crippen LogP contribution in [0.4, 0.5) is 23.7 Å². The maximum Gasteiger partial charge on any atom is 0.446 e. The minimum absolute atomic E-state index is 0.0691. The summed E-state index contributed by atoms with van der Waals surface area (Å²) in [5, 5.41) is 19.4. The molecule has 1 fully saturated rings. The number of thioether (sulfide) groups is 2. The van der Waals surface area contributed by atoms with Gasteiger partial charge in [0.05, 0.1) is 11.9 Å². The number of aliphatic hydroxyl groups excluding tert-OH is 1. The van der Waals surface area contributed by atoms with Crippen molar-refractivity contribution < 1.29 is 32.7 Å². The van der Waals surface area contributed by atoms with Gasteiger partial charge in [-0.1, -0.05) is 60.7 Å². The first kappa shape index (κ1) is 34.2. The second-order valence-corrected chi connectivity index (χ2v) is 13.9. The highest BCUT2D eigenvalue weighted by molar-refractivity contribution is 8.01. The maximum absolute atomic E-state index is 13.8. The topological polar surface area (TPSA) is 111 Å². The van der Waals surface area contributed by atoms with Crippen LogP contribution in [-0.4, -0.2) is 62.2 Å². The third kappa shape index (κ3) is 9.41. The summed E-state index contributed by atoms with van der Waals surface area (Å²) >= 11 is 1.09. The van der Waals surface area contributed by atoms with Gasteiger partial charge in [-0.3, -0.25) is 9.59 Å². The molecule has 1 saturated heterocycles. The first-order chi connectivity index (χ1) is 21.2. The average molecular weight is 661 g/mol. The maximum atomic E-state index is 13.8. The molecule has 0 aliphatic carbocycles. The molecule has 4 N–H and O–H groups in total. The SMILES string of the molecule is Cc1ccccc1CNC(=O)[C@H]1N(C(=O)[C@@H](O)[C@H](Cc2ccccc2)NC(=O)Nc2cccc(SC(F)(F)F)c2)CSC1(C)C. The van der Waals surface area contributed by atoms with Crippen molar-refractivity contribution in [3.8, 4) is 0 Å². The number of amides is 4. The quantitative estimate of drug-likeness (QED) is 0.208. The van der Waals surface area contributed by atoms with Crippen molar-refractivity contribution in [1.82, 2.24) is 15.5 Å². The average Bonchev–Trinajstić information content (AvgIpc) is 3.30. The minimum Gasteiger partial charge on any atom is -0.381 e. The normalized spacial score (nSPS) is 17.3. The third-order valence-corrected chi connectivity index (χ3v) is 9.46. The summed E-state index contributed by atoms with van der Waals surface area (Å²) in [5.41, 5.74) is -1.72. The Hall–Kier alpha value is -3.68. The molecule has 240 valence electrons. The highest BCUT2D eigenvalue weighted by atomic mass is 32.2. The van der Waals surface area contributed by atoms with E-state index in [1.165, 1.54) is 40.9 Å². The third-order valence-electron chi connectivity index (χ3n) is 7.37. The molecular formula is C32H35F3N4O4S2. The fraction of sp³-hybridized carbons (Fsp3) is 0.344. The number of aryl methyl sites for hydroxylation is 1. The molecule has 4 rings (SSSR count). The zero-order valence-electron chi connectivity index (χ0n) is 24.9. The van der Waals surface area contributed by atoms with Crippen molar-refractivity contribution >= 4 is 47.1 Å². The van der Waals surface area contributed by atoms with Gasteiger partial charge in [0.1, 0.15) is 6.04 Å². The Bertz CT molecular complexity index is 1510. The van der Waals surface area contributed by atoms with E-state index >= 15 is 0 Å². The lowest BCUT2D eigenvalue weighted by atomic mass is 9.97. The van der Waals surface area contributed by atoms with E-state index in [9.17, 15) is 32.7 Å². The fourth-order valence-corrected chi connectivity index (χ4v) is 6.80. The zero-order chi connectivity index (χ0) is 32.8. The molecule has 3 aromatic carbocycles. The Balaban J connectivity index is 1.50. The number of nitrogens with one attached hydrogen (secondary N) is 3. The molecule has 13 heteroatoms. The van der Waals surface area contributed by atoms with Crippen LogP contribution in [0.3, 0.4) is 0 Å². The molecule has 0 aromatic heterocycles. The highest BCUT2D eigenvalue weighted by Crippen LogP contribution is 2.40. The lowest BCUT2D eigenvalue weighted by Crippen LogP contribution is -2.59. The summed E-state index contributed by atoms with van der Waals surface area (Å²) < 4.78 is 37.9. The van der Waals surface area contributed by atoms with Gasteiger partial charge < -0.3 is 26.0 Å². The van der Waals surface area contributed by atoms with Gasteiger partial charge in [0.15, 0.2) is 6.10 Å². The molecule has 4 amide bonds. The summed E-state index contributed by atoms with van der Waals surface area (Å²) in [7, 11) is 0. The number of carbonyl (C=O) groups is 3. The van der Waals surface area contributed by atoms with Crippen LogP contribution in [-0.2, 0) is 22.6 Å². The van der Waals surface area contributed by atoms with Gasteiger partial charge in [-0.05, 0) is 73.8 Å². The van der Waals surface area contributed by atoms with Crippen molar-refractivity contribution in [3.05, 3.63) is 95.6 Å². The van der Waals surface area contributed by atoms with E-state index in [-0.39, 0.29) is 47.1 Å². The number of carbonyl (C=O) groups excluding carboxylic acids is 3. The van der Waals surface area contributed by atoms with Crippen LogP contribution < -0.4 is 16.0 Å². The summed E-state index contributed by atoms with van der Waals surface area (Å²) in [5.74, 6) is -0.941. The Morgan fingerprint density at radius 3 is 2.42 bits per heavy atom. The van der Waals surface area contributed by atoms with E-state index in [0.717, 1.165) is 16.7 Å². The summed E-state index contributed by atoms with van der Waals surface area (Å²) in [6, 6.07) is 19.0. The number of nitrogens with zero attached hydrogens (tertiary/aromatic N) is 1. The molecule has 1 aliphatic heterocycles. The molecule has 1 heterocycles. The van der Waals surface area contributed by atoms with E-state index in [0.29, 0.717) is 0 Å². The lowest BCUT2D eigenvalue weighted by Gasteiger charge is -2.33. The number of urea groups is 1. The van der Waals surface area contributed by atoms with Crippen LogP contribution in [0.1, 0.15) is 30.5 Å². The predicted octanol–water partition coefficient (Wildman–Crippen LogP) is 5.70. The molecule has 0 radical (unpaired) electrons. The van der Waals surface area contributed by atoms with Crippen molar-refractivity contribution in [2.45, 2.75) is 67.1 Å². The number of aliphatic hydroxyl groups is 1. The van der Waals surface area contributed by atoms with Crippen molar-refractivity contribution in [2.24, 2.45) is 0 Å². The molecule has 45 heavy (non-hydrogen) atoms. The van der Waals surface area contributed by atoms with Crippen molar-refractivity contribution in [1.29, 1.82) is 0 Å². The van der Waals surface area contributed by atoms with Crippen molar-refractivity contribution in [3.63, 3.8) is 0 Å². The number of halogens is 3. The van der Waals surface area contributed by atoms with Gasteiger partial charge in [-0.2, -0.15) is 13.2 Å². The Labute approximate surface area is 268 Å².